The molecule has 15 heavy (non-hydrogen) atoms. The van der Waals surface area contributed by atoms with Gasteiger partial charge in [-0.1, -0.05) is 0 Å². The fourth-order valence-electron chi connectivity index (χ4n) is 2.39. The summed E-state index contributed by atoms with van der Waals surface area (Å²) in [5.74, 6) is 0. The molecule has 84 valence electrons. The van der Waals surface area contributed by atoms with E-state index in [2.05, 4.69) is 41.4 Å². The fraction of sp³-hybridized carbons (Fsp3) is 0.667. The Kier molecular flexibility index (Phi) is 3.44. The third-order valence-corrected chi connectivity index (χ3v) is 3.27. The van der Waals surface area contributed by atoms with Gasteiger partial charge < -0.3 is 15.2 Å². The van der Waals surface area contributed by atoms with Crippen LogP contribution < -0.4 is 5.32 Å². The van der Waals surface area contributed by atoms with Crippen molar-refractivity contribution in [1.82, 2.24) is 15.2 Å². The Balaban J connectivity index is 2.00. The van der Waals surface area contributed by atoms with Crippen molar-refractivity contribution in [2.75, 3.05) is 20.6 Å². The van der Waals surface area contributed by atoms with Gasteiger partial charge >= 0.3 is 0 Å². The SMILES string of the molecule is CN(C)C(CC1CCCN1)c1ccc[nH]1. The monoisotopic (exact) mass is 207 g/mol. The minimum atomic E-state index is 0.510. The summed E-state index contributed by atoms with van der Waals surface area (Å²) in [5.41, 5.74) is 1.33. The van der Waals surface area contributed by atoms with Gasteiger partial charge in [-0.05, 0) is 52.0 Å². The summed E-state index contributed by atoms with van der Waals surface area (Å²) >= 11 is 0. The maximum atomic E-state index is 3.56. The van der Waals surface area contributed by atoms with Crippen molar-refractivity contribution >= 4 is 0 Å². The van der Waals surface area contributed by atoms with Crippen LogP contribution in [0.5, 0.6) is 0 Å². The van der Waals surface area contributed by atoms with E-state index in [0.29, 0.717) is 12.1 Å². The van der Waals surface area contributed by atoms with Gasteiger partial charge in [0.2, 0.25) is 0 Å². The van der Waals surface area contributed by atoms with Crippen LogP contribution in [0.4, 0.5) is 0 Å². The van der Waals surface area contributed by atoms with Gasteiger partial charge in [0, 0.05) is 17.9 Å². The van der Waals surface area contributed by atoms with Crippen LogP contribution >= 0.6 is 0 Å². The summed E-state index contributed by atoms with van der Waals surface area (Å²) in [7, 11) is 4.31. The van der Waals surface area contributed by atoms with Gasteiger partial charge in [-0.3, -0.25) is 0 Å². The van der Waals surface area contributed by atoms with Crippen molar-refractivity contribution in [2.24, 2.45) is 0 Å². The number of hydrogen-bond donors (Lipinski definition) is 2. The Hall–Kier alpha value is -0.800. The van der Waals surface area contributed by atoms with Crippen LogP contribution in [0.1, 0.15) is 31.0 Å². The van der Waals surface area contributed by atoms with Crippen LogP contribution in [0.3, 0.4) is 0 Å². The van der Waals surface area contributed by atoms with Crippen LogP contribution in [-0.4, -0.2) is 36.6 Å². The summed E-state index contributed by atoms with van der Waals surface area (Å²) in [6.07, 6.45) is 5.86. The number of hydrogen-bond acceptors (Lipinski definition) is 2. The van der Waals surface area contributed by atoms with Crippen molar-refractivity contribution in [2.45, 2.75) is 31.3 Å². The first-order valence-corrected chi connectivity index (χ1v) is 5.80. The second-order valence-corrected chi connectivity index (χ2v) is 4.63. The van der Waals surface area contributed by atoms with Gasteiger partial charge in [0.15, 0.2) is 0 Å². The Labute approximate surface area is 91.9 Å². The van der Waals surface area contributed by atoms with Gasteiger partial charge in [0.25, 0.3) is 0 Å². The molecule has 2 heterocycles. The lowest BCUT2D eigenvalue weighted by Gasteiger charge is -2.26. The van der Waals surface area contributed by atoms with E-state index in [1.54, 1.807) is 0 Å². The van der Waals surface area contributed by atoms with Gasteiger partial charge in [-0.15, -0.1) is 0 Å². The van der Waals surface area contributed by atoms with Crippen LogP contribution in [0.25, 0.3) is 0 Å². The average Bonchev–Trinajstić information content (AvgIpc) is 2.87. The molecule has 2 unspecified atom stereocenters. The largest absolute Gasteiger partial charge is 0.364 e. The first kappa shape index (κ1) is 10.7. The molecule has 1 saturated heterocycles. The first-order valence-electron chi connectivity index (χ1n) is 5.80. The number of aromatic amines is 1. The molecule has 1 fully saturated rings. The summed E-state index contributed by atoms with van der Waals surface area (Å²) in [6, 6.07) is 5.46. The molecule has 0 aliphatic carbocycles. The quantitative estimate of drug-likeness (QED) is 0.788. The highest BCUT2D eigenvalue weighted by atomic mass is 15.1. The molecule has 0 aromatic carbocycles. The molecule has 2 N–H and O–H groups in total. The lowest BCUT2D eigenvalue weighted by molar-refractivity contribution is 0.258. The Bertz CT molecular complexity index is 273. The molecule has 0 spiro atoms. The van der Waals surface area contributed by atoms with E-state index in [9.17, 15) is 0 Å². The summed E-state index contributed by atoms with van der Waals surface area (Å²) in [6.45, 7) is 1.19. The van der Waals surface area contributed by atoms with E-state index < -0.39 is 0 Å². The molecule has 0 radical (unpaired) electrons. The topological polar surface area (TPSA) is 31.1 Å². The Morgan fingerprint density at radius 2 is 2.40 bits per heavy atom. The molecule has 0 amide bonds. The number of rotatable bonds is 4. The minimum Gasteiger partial charge on any atom is -0.364 e. The smallest absolute Gasteiger partial charge is 0.0507 e. The minimum absolute atomic E-state index is 0.510. The fourth-order valence-corrected chi connectivity index (χ4v) is 2.39. The highest BCUT2D eigenvalue weighted by molar-refractivity contribution is 5.09. The van der Waals surface area contributed by atoms with E-state index in [1.807, 2.05) is 6.20 Å². The van der Waals surface area contributed by atoms with E-state index >= 15 is 0 Å². The van der Waals surface area contributed by atoms with E-state index in [4.69, 9.17) is 0 Å². The van der Waals surface area contributed by atoms with E-state index in [0.717, 1.165) is 0 Å². The molecular weight excluding hydrogens is 186 g/mol. The van der Waals surface area contributed by atoms with Crippen LogP contribution in [-0.2, 0) is 0 Å². The van der Waals surface area contributed by atoms with Crippen molar-refractivity contribution < 1.29 is 0 Å². The van der Waals surface area contributed by atoms with Crippen molar-refractivity contribution in [3.8, 4) is 0 Å². The van der Waals surface area contributed by atoms with E-state index in [1.165, 1.54) is 31.5 Å². The number of nitrogens with one attached hydrogen (secondary N) is 2. The molecule has 1 aromatic heterocycles. The molecular formula is C12H21N3. The van der Waals surface area contributed by atoms with Crippen LogP contribution in [0, 0.1) is 0 Å². The normalized spacial score (nSPS) is 23.5. The summed E-state index contributed by atoms with van der Waals surface area (Å²) < 4.78 is 0. The zero-order valence-electron chi connectivity index (χ0n) is 9.66. The Morgan fingerprint density at radius 3 is 2.93 bits per heavy atom. The predicted molar refractivity (Wildman–Crippen MR) is 62.9 cm³/mol. The van der Waals surface area contributed by atoms with E-state index in [-0.39, 0.29) is 0 Å². The standard InChI is InChI=1S/C12H21N3/c1-15(2)12(11-6-4-8-14-11)9-10-5-3-7-13-10/h4,6,8,10,12-14H,3,5,7,9H2,1-2H3. The van der Waals surface area contributed by atoms with Crippen molar-refractivity contribution in [1.29, 1.82) is 0 Å². The summed E-state index contributed by atoms with van der Waals surface area (Å²) in [5, 5.41) is 3.56. The molecule has 1 aromatic rings. The number of nitrogens with zero attached hydrogens (tertiary/aromatic N) is 1. The molecule has 1 aliphatic rings. The summed E-state index contributed by atoms with van der Waals surface area (Å²) in [4.78, 5) is 5.62. The number of H-pyrrole nitrogens is 1. The zero-order valence-corrected chi connectivity index (χ0v) is 9.66. The molecule has 3 heteroatoms. The molecule has 1 aliphatic heterocycles. The van der Waals surface area contributed by atoms with Crippen molar-refractivity contribution in [3.05, 3.63) is 24.0 Å². The van der Waals surface area contributed by atoms with Gasteiger partial charge in [0.05, 0.1) is 6.04 Å². The van der Waals surface area contributed by atoms with Gasteiger partial charge in [0.1, 0.15) is 0 Å². The van der Waals surface area contributed by atoms with Crippen LogP contribution in [0.2, 0.25) is 0 Å². The maximum Gasteiger partial charge on any atom is 0.0507 e. The predicted octanol–water partition coefficient (Wildman–Crippen LogP) is 1.76. The van der Waals surface area contributed by atoms with Gasteiger partial charge in [-0.2, -0.15) is 0 Å². The molecule has 0 saturated carbocycles. The third kappa shape index (κ3) is 2.61. The second-order valence-electron chi connectivity index (χ2n) is 4.63. The molecule has 0 bridgehead atoms. The third-order valence-electron chi connectivity index (χ3n) is 3.27. The van der Waals surface area contributed by atoms with Gasteiger partial charge in [-0.25, -0.2) is 0 Å². The van der Waals surface area contributed by atoms with Crippen molar-refractivity contribution in [3.63, 3.8) is 0 Å². The molecule has 2 rings (SSSR count). The molecule has 2 atom stereocenters. The average molecular weight is 207 g/mol. The highest BCUT2D eigenvalue weighted by Gasteiger charge is 2.22. The maximum absolute atomic E-state index is 3.56. The Morgan fingerprint density at radius 1 is 1.53 bits per heavy atom. The lowest BCUT2D eigenvalue weighted by Crippen LogP contribution is -2.29. The zero-order chi connectivity index (χ0) is 10.7. The number of aromatic nitrogens is 1. The molecule has 3 nitrogen and oxygen atoms in total. The van der Waals surface area contributed by atoms with Crippen LogP contribution in [0.15, 0.2) is 18.3 Å². The second kappa shape index (κ2) is 4.81. The highest BCUT2D eigenvalue weighted by Crippen LogP contribution is 2.24. The first-order chi connectivity index (χ1) is 7.27. The lowest BCUT2D eigenvalue weighted by atomic mass is 10.0.